The molecule has 0 aromatic heterocycles. The van der Waals surface area contributed by atoms with Crippen molar-refractivity contribution in [3.05, 3.63) is 41.5 Å². The topological polar surface area (TPSA) is 68.0 Å². The first-order chi connectivity index (χ1) is 15.0. The monoisotopic (exact) mass is 425 g/mol. The van der Waals surface area contributed by atoms with E-state index in [9.17, 15) is 4.79 Å². The molecule has 0 spiro atoms. The van der Waals surface area contributed by atoms with Gasteiger partial charge in [0.2, 0.25) is 0 Å². The van der Waals surface area contributed by atoms with E-state index < -0.39 is 0 Å². The highest BCUT2D eigenvalue weighted by molar-refractivity contribution is 6.22. The highest BCUT2D eigenvalue weighted by Crippen LogP contribution is 2.42. The molecular formula is C25H35N3O3. The Hall–Kier alpha value is -2.57. The Labute approximate surface area is 185 Å². The van der Waals surface area contributed by atoms with Crippen LogP contribution >= 0.6 is 0 Å². The van der Waals surface area contributed by atoms with E-state index in [1.807, 2.05) is 24.3 Å². The standard InChI is InChI=1S/C25H35N3O3/c1-5-27(6-2)11-13-30-18-9-10-19-20-16-23(26)24(31-14-12-28(7-3)8-4)17-22(20)25(29)21(19)15-18/h9-10,15-17H,5-8,11-14,26H2,1-4H3. The molecule has 2 N–H and O–H groups in total. The third kappa shape index (κ3) is 5.20. The van der Waals surface area contributed by atoms with Crippen LogP contribution in [-0.2, 0) is 0 Å². The smallest absolute Gasteiger partial charge is 0.194 e. The zero-order valence-corrected chi connectivity index (χ0v) is 19.2. The SMILES string of the molecule is CCN(CC)CCOc1ccc2c(c1)C(=O)c1cc(OCCN(CC)CC)c(N)cc1-2. The number of fused-ring (bicyclic) bond motifs is 3. The Morgan fingerprint density at radius 2 is 1.32 bits per heavy atom. The Kier molecular flexibility index (Phi) is 7.93. The van der Waals surface area contributed by atoms with Gasteiger partial charge in [0, 0.05) is 24.2 Å². The fraction of sp³-hybridized carbons (Fsp3) is 0.480. The highest BCUT2D eigenvalue weighted by atomic mass is 16.5. The number of nitrogens with zero attached hydrogens (tertiary/aromatic N) is 2. The number of ketones is 1. The summed E-state index contributed by atoms with van der Waals surface area (Å²) in [7, 11) is 0. The third-order valence-corrected chi connectivity index (χ3v) is 6.05. The maximum absolute atomic E-state index is 13.1. The number of hydrogen-bond donors (Lipinski definition) is 1. The van der Waals surface area contributed by atoms with Crippen LogP contribution in [-0.4, -0.2) is 68.1 Å². The predicted molar refractivity (Wildman–Crippen MR) is 126 cm³/mol. The van der Waals surface area contributed by atoms with Gasteiger partial charge in [-0.05, 0) is 67.6 Å². The van der Waals surface area contributed by atoms with Gasteiger partial charge in [-0.15, -0.1) is 0 Å². The second-order valence-corrected chi connectivity index (χ2v) is 7.72. The molecule has 0 saturated carbocycles. The normalized spacial score (nSPS) is 12.4. The van der Waals surface area contributed by atoms with Crippen molar-refractivity contribution in [2.75, 3.05) is 58.2 Å². The largest absolute Gasteiger partial charge is 0.492 e. The minimum absolute atomic E-state index is 0.00668. The molecule has 0 radical (unpaired) electrons. The molecule has 3 rings (SSSR count). The number of likely N-dealkylation sites (N-methyl/N-ethyl adjacent to an activating group) is 2. The summed E-state index contributed by atoms with van der Waals surface area (Å²) < 4.78 is 11.8. The van der Waals surface area contributed by atoms with Gasteiger partial charge >= 0.3 is 0 Å². The molecule has 1 aliphatic rings. The average Bonchev–Trinajstić information content (AvgIpc) is 3.05. The van der Waals surface area contributed by atoms with Crippen LogP contribution in [0.2, 0.25) is 0 Å². The van der Waals surface area contributed by atoms with Crippen molar-refractivity contribution >= 4 is 11.5 Å². The van der Waals surface area contributed by atoms with Crippen LogP contribution in [0.4, 0.5) is 5.69 Å². The van der Waals surface area contributed by atoms with Crippen molar-refractivity contribution in [2.45, 2.75) is 27.7 Å². The number of nitrogen functional groups attached to an aromatic ring is 1. The molecule has 0 atom stereocenters. The first kappa shape index (κ1) is 23.1. The van der Waals surface area contributed by atoms with E-state index in [-0.39, 0.29) is 5.78 Å². The molecule has 0 unspecified atom stereocenters. The van der Waals surface area contributed by atoms with E-state index in [0.717, 1.165) is 56.1 Å². The maximum Gasteiger partial charge on any atom is 0.194 e. The average molecular weight is 426 g/mol. The van der Waals surface area contributed by atoms with Gasteiger partial charge < -0.3 is 25.0 Å². The summed E-state index contributed by atoms with van der Waals surface area (Å²) in [5, 5.41) is 0. The van der Waals surface area contributed by atoms with Crippen molar-refractivity contribution in [1.82, 2.24) is 9.80 Å². The van der Waals surface area contributed by atoms with Crippen LogP contribution < -0.4 is 15.2 Å². The van der Waals surface area contributed by atoms with Crippen molar-refractivity contribution in [2.24, 2.45) is 0 Å². The molecule has 2 aromatic carbocycles. The van der Waals surface area contributed by atoms with E-state index in [4.69, 9.17) is 15.2 Å². The summed E-state index contributed by atoms with van der Waals surface area (Å²) in [4.78, 5) is 17.7. The Morgan fingerprint density at radius 3 is 1.94 bits per heavy atom. The van der Waals surface area contributed by atoms with E-state index in [1.54, 1.807) is 6.07 Å². The number of rotatable bonds is 12. The number of hydrogen-bond acceptors (Lipinski definition) is 6. The molecule has 1 aliphatic carbocycles. The molecule has 0 amide bonds. The van der Waals surface area contributed by atoms with Crippen molar-refractivity contribution < 1.29 is 14.3 Å². The maximum atomic E-state index is 13.1. The quantitative estimate of drug-likeness (QED) is 0.444. The molecule has 168 valence electrons. The summed E-state index contributed by atoms with van der Waals surface area (Å²) in [6, 6.07) is 9.36. The van der Waals surface area contributed by atoms with E-state index in [1.165, 1.54) is 0 Å². The third-order valence-electron chi connectivity index (χ3n) is 6.05. The van der Waals surface area contributed by atoms with E-state index in [0.29, 0.717) is 35.8 Å². The Morgan fingerprint density at radius 1 is 0.742 bits per heavy atom. The van der Waals surface area contributed by atoms with Gasteiger partial charge in [0.15, 0.2) is 5.78 Å². The summed E-state index contributed by atoms with van der Waals surface area (Å²) >= 11 is 0. The first-order valence-electron chi connectivity index (χ1n) is 11.3. The summed E-state index contributed by atoms with van der Waals surface area (Å²) in [6.07, 6.45) is 0. The predicted octanol–water partition coefficient (Wildman–Crippen LogP) is 3.92. The van der Waals surface area contributed by atoms with Gasteiger partial charge in [0.05, 0.1) is 5.69 Å². The fourth-order valence-electron chi connectivity index (χ4n) is 3.97. The zero-order valence-electron chi connectivity index (χ0n) is 19.2. The summed E-state index contributed by atoms with van der Waals surface area (Å²) in [6.45, 7) is 15.3. The second-order valence-electron chi connectivity index (χ2n) is 7.72. The van der Waals surface area contributed by atoms with Crippen molar-refractivity contribution in [1.29, 1.82) is 0 Å². The van der Waals surface area contributed by atoms with Crippen LogP contribution in [0.15, 0.2) is 30.3 Å². The molecule has 2 aromatic rings. The van der Waals surface area contributed by atoms with Gasteiger partial charge in [-0.3, -0.25) is 4.79 Å². The molecule has 0 fully saturated rings. The summed E-state index contributed by atoms with van der Waals surface area (Å²) in [5.41, 5.74) is 9.87. The van der Waals surface area contributed by atoms with Gasteiger partial charge in [-0.2, -0.15) is 0 Å². The molecule has 0 saturated heterocycles. The molecule has 0 aliphatic heterocycles. The first-order valence-corrected chi connectivity index (χ1v) is 11.3. The number of benzene rings is 2. The minimum Gasteiger partial charge on any atom is -0.492 e. The lowest BCUT2D eigenvalue weighted by Gasteiger charge is -2.18. The number of carbonyl (C=O) groups is 1. The van der Waals surface area contributed by atoms with Crippen LogP contribution in [0.3, 0.4) is 0 Å². The van der Waals surface area contributed by atoms with Crippen molar-refractivity contribution in [3.8, 4) is 22.6 Å². The molecule has 0 bridgehead atoms. The molecule has 31 heavy (non-hydrogen) atoms. The Bertz CT molecular complexity index is 905. The Balaban J connectivity index is 1.71. The van der Waals surface area contributed by atoms with Crippen LogP contribution in [0.5, 0.6) is 11.5 Å². The lowest BCUT2D eigenvalue weighted by atomic mass is 10.0. The molecule has 0 heterocycles. The van der Waals surface area contributed by atoms with E-state index in [2.05, 4.69) is 37.5 Å². The van der Waals surface area contributed by atoms with Crippen LogP contribution in [0, 0.1) is 0 Å². The number of nitrogens with two attached hydrogens (primary N) is 1. The summed E-state index contributed by atoms with van der Waals surface area (Å²) in [5.74, 6) is 1.28. The van der Waals surface area contributed by atoms with Gasteiger partial charge in [0.1, 0.15) is 24.7 Å². The number of carbonyl (C=O) groups excluding carboxylic acids is 1. The zero-order chi connectivity index (χ0) is 22.4. The second kappa shape index (κ2) is 10.6. The lowest BCUT2D eigenvalue weighted by Crippen LogP contribution is -2.28. The van der Waals surface area contributed by atoms with Gasteiger partial charge in [-0.25, -0.2) is 0 Å². The van der Waals surface area contributed by atoms with E-state index >= 15 is 0 Å². The lowest BCUT2D eigenvalue weighted by molar-refractivity contribution is 0.104. The van der Waals surface area contributed by atoms with Crippen LogP contribution in [0.1, 0.15) is 43.6 Å². The molecule has 6 heteroatoms. The highest BCUT2D eigenvalue weighted by Gasteiger charge is 2.28. The number of anilines is 1. The minimum atomic E-state index is -0.00668. The fourth-order valence-corrected chi connectivity index (χ4v) is 3.97. The van der Waals surface area contributed by atoms with Crippen molar-refractivity contribution in [3.63, 3.8) is 0 Å². The van der Waals surface area contributed by atoms with Crippen LogP contribution in [0.25, 0.3) is 11.1 Å². The number of ether oxygens (including phenoxy) is 2. The van der Waals surface area contributed by atoms with Gasteiger partial charge in [-0.1, -0.05) is 27.7 Å². The molecule has 6 nitrogen and oxygen atoms in total. The molecular weight excluding hydrogens is 390 g/mol. The van der Waals surface area contributed by atoms with Gasteiger partial charge in [0.25, 0.3) is 0 Å².